The Bertz CT molecular complexity index is 744. The van der Waals surface area contributed by atoms with E-state index in [-0.39, 0.29) is 22.9 Å². The van der Waals surface area contributed by atoms with Crippen molar-refractivity contribution in [1.82, 2.24) is 0 Å². The number of nitrogens with zero attached hydrogens (tertiary/aromatic N) is 1. The fourth-order valence-electron chi connectivity index (χ4n) is 4.30. The number of benzene rings is 1. The molecule has 2 atom stereocenters. The van der Waals surface area contributed by atoms with Crippen molar-refractivity contribution in [3.63, 3.8) is 0 Å². The van der Waals surface area contributed by atoms with Gasteiger partial charge in [0.15, 0.2) is 5.78 Å². The van der Waals surface area contributed by atoms with Crippen LogP contribution in [0.1, 0.15) is 30.4 Å². The minimum absolute atomic E-state index is 0.00455. The van der Waals surface area contributed by atoms with Gasteiger partial charge in [-0.05, 0) is 48.4 Å². The standard InChI is InChI=1S/C16H12ClNO2/c17-14-10-6-16-4-3-8(5-16)15(20)11(7-18)13(16)9(10)1-2-12(14)19/h1-2,8,19H,3-6H2/t8-,16+/m1/s1. The molecule has 0 amide bonds. The third-order valence-electron chi connectivity index (χ3n) is 5.13. The van der Waals surface area contributed by atoms with Crippen molar-refractivity contribution in [2.75, 3.05) is 0 Å². The first-order chi connectivity index (χ1) is 9.57. The minimum atomic E-state index is -0.108. The average molecular weight is 286 g/mol. The second-order valence-electron chi connectivity index (χ2n) is 6.05. The molecule has 100 valence electrons. The summed E-state index contributed by atoms with van der Waals surface area (Å²) in [5.41, 5.74) is 2.88. The zero-order chi connectivity index (χ0) is 14.1. The minimum Gasteiger partial charge on any atom is -0.506 e. The number of phenolic OH excluding ortho intramolecular Hbond substituents is 1. The topological polar surface area (TPSA) is 61.1 Å². The lowest BCUT2D eigenvalue weighted by atomic mass is 9.71. The molecule has 4 rings (SSSR count). The molecule has 0 heterocycles. The van der Waals surface area contributed by atoms with Crippen LogP contribution >= 0.6 is 11.6 Å². The van der Waals surface area contributed by atoms with Crippen molar-refractivity contribution in [3.8, 4) is 11.8 Å². The number of fused-ring (bicyclic) bond motifs is 3. The number of allylic oxidation sites excluding steroid dienone is 2. The zero-order valence-electron chi connectivity index (χ0n) is 10.7. The highest BCUT2D eigenvalue weighted by atomic mass is 35.5. The van der Waals surface area contributed by atoms with Gasteiger partial charge in [-0.1, -0.05) is 17.7 Å². The number of nitriles is 1. The largest absolute Gasteiger partial charge is 0.506 e. The van der Waals surface area contributed by atoms with Crippen molar-refractivity contribution in [2.45, 2.75) is 25.7 Å². The molecule has 3 aliphatic carbocycles. The number of carbonyl (C=O) groups excluding carboxylic acids is 1. The summed E-state index contributed by atoms with van der Waals surface area (Å²) in [4.78, 5) is 12.4. The van der Waals surface area contributed by atoms with Crippen LogP contribution < -0.4 is 0 Å². The van der Waals surface area contributed by atoms with Gasteiger partial charge in [0.1, 0.15) is 11.8 Å². The quantitative estimate of drug-likeness (QED) is 0.796. The smallest absolute Gasteiger partial charge is 0.176 e. The number of carbonyl (C=O) groups is 1. The summed E-state index contributed by atoms with van der Waals surface area (Å²) in [5.74, 6) is 0.0585. The van der Waals surface area contributed by atoms with E-state index in [1.807, 2.05) is 0 Å². The summed E-state index contributed by atoms with van der Waals surface area (Å²) < 4.78 is 0. The maximum atomic E-state index is 12.4. The Labute approximate surface area is 121 Å². The van der Waals surface area contributed by atoms with E-state index in [1.165, 1.54) is 0 Å². The van der Waals surface area contributed by atoms with Gasteiger partial charge in [0.25, 0.3) is 0 Å². The maximum absolute atomic E-state index is 12.4. The van der Waals surface area contributed by atoms with Gasteiger partial charge in [-0.25, -0.2) is 0 Å². The molecule has 1 spiro atoms. The van der Waals surface area contributed by atoms with E-state index in [9.17, 15) is 15.2 Å². The highest BCUT2D eigenvalue weighted by molar-refractivity contribution is 6.33. The second kappa shape index (κ2) is 3.65. The van der Waals surface area contributed by atoms with Crippen molar-refractivity contribution < 1.29 is 9.90 Å². The normalized spacial score (nSPS) is 30.2. The van der Waals surface area contributed by atoms with Crippen LogP contribution in [0.5, 0.6) is 5.75 Å². The van der Waals surface area contributed by atoms with Gasteiger partial charge in [0, 0.05) is 11.3 Å². The first kappa shape index (κ1) is 12.0. The molecule has 0 radical (unpaired) electrons. The van der Waals surface area contributed by atoms with Crippen LogP contribution in [0.4, 0.5) is 0 Å². The molecule has 1 aromatic carbocycles. The third kappa shape index (κ3) is 1.23. The summed E-state index contributed by atoms with van der Waals surface area (Å²) in [5, 5.41) is 19.6. The van der Waals surface area contributed by atoms with Gasteiger partial charge in [-0.3, -0.25) is 4.79 Å². The summed E-state index contributed by atoms with van der Waals surface area (Å²) in [6.07, 6.45) is 3.33. The van der Waals surface area contributed by atoms with E-state index in [0.29, 0.717) is 10.6 Å². The summed E-state index contributed by atoms with van der Waals surface area (Å²) in [7, 11) is 0. The molecule has 0 aromatic heterocycles. The highest BCUT2D eigenvalue weighted by Crippen LogP contribution is 2.63. The first-order valence-electron chi connectivity index (χ1n) is 6.77. The molecule has 1 aromatic rings. The molecule has 0 unspecified atom stereocenters. The fraction of sp³-hybridized carbons (Fsp3) is 0.375. The number of rotatable bonds is 0. The van der Waals surface area contributed by atoms with Gasteiger partial charge in [-0.2, -0.15) is 5.26 Å². The van der Waals surface area contributed by atoms with E-state index < -0.39 is 0 Å². The van der Waals surface area contributed by atoms with E-state index in [0.717, 1.165) is 42.4 Å². The van der Waals surface area contributed by atoms with Crippen LogP contribution in [-0.2, 0) is 11.2 Å². The monoisotopic (exact) mass is 285 g/mol. The average Bonchev–Trinajstić information content (AvgIpc) is 2.97. The number of hydrogen-bond donors (Lipinski definition) is 1. The maximum Gasteiger partial charge on any atom is 0.176 e. The number of hydrogen-bond acceptors (Lipinski definition) is 3. The van der Waals surface area contributed by atoms with Crippen molar-refractivity contribution in [2.24, 2.45) is 11.3 Å². The molecule has 3 aliphatic rings. The molecule has 1 fully saturated rings. The summed E-state index contributed by atoms with van der Waals surface area (Å²) in [6.45, 7) is 0. The predicted octanol–water partition coefficient (Wildman–Crippen LogP) is 3.25. The summed E-state index contributed by atoms with van der Waals surface area (Å²) in [6, 6.07) is 5.47. The van der Waals surface area contributed by atoms with Crippen LogP contribution in [-0.4, -0.2) is 10.9 Å². The number of aromatic hydroxyl groups is 1. The Kier molecular flexibility index (Phi) is 2.19. The first-order valence-corrected chi connectivity index (χ1v) is 7.15. The summed E-state index contributed by atoms with van der Waals surface area (Å²) >= 11 is 6.22. The van der Waals surface area contributed by atoms with Gasteiger partial charge in [0.2, 0.25) is 0 Å². The molecule has 4 heteroatoms. The predicted molar refractivity (Wildman–Crippen MR) is 74.1 cm³/mol. The molecular weight excluding hydrogens is 274 g/mol. The van der Waals surface area contributed by atoms with Crippen LogP contribution in [0.2, 0.25) is 5.02 Å². The van der Waals surface area contributed by atoms with E-state index in [1.54, 1.807) is 12.1 Å². The highest BCUT2D eigenvalue weighted by Gasteiger charge is 2.55. The number of phenols is 1. The Morgan fingerprint density at radius 1 is 1.45 bits per heavy atom. The number of Topliss-reactive ketones (excluding diaryl/α,β-unsaturated/α-hetero) is 1. The van der Waals surface area contributed by atoms with Gasteiger partial charge >= 0.3 is 0 Å². The Hall–Kier alpha value is -1.79. The molecule has 1 saturated carbocycles. The second-order valence-corrected chi connectivity index (χ2v) is 6.43. The van der Waals surface area contributed by atoms with Crippen molar-refractivity contribution in [3.05, 3.63) is 33.9 Å². The molecule has 0 saturated heterocycles. The lowest BCUT2D eigenvalue weighted by molar-refractivity contribution is -0.119. The van der Waals surface area contributed by atoms with Crippen LogP contribution in [0.15, 0.2) is 17.7 Å². The number of halogens is 1. The van der Waals surface area contributed by atoms with Crippen LogP contribution in [0.3, 0.4) is 0 Å². The molecule has 20 heavy (non-hydrogen) atoms. The Balaban J connectivity index is 2.07. The molecule has 0 aliphatic heterocycles. The molecule has 3 nitrogen and oxygen atoms in total. The lowest BCUT2D eigenvalue weighted by Crippen LogP contribution is -2.27. The lowest BCUT2D eigenvalue weighted by Gasteiger charge is -2.30. The molecular formula is C16H12ClNO2. The van der Waals surface area contributed by atoms with Crippen molar-refractivity contribution >= 4 is 23.0 Å². The Morgan fingerprint density at radius 2 is 2.25 bits per heavy atom. The van der Waals surface area contributed by atoms with E-state index in [4.69, 9.17) is 11.6 Å². The molecule has 1 N–H and O–H groups in total. The zero-order valence-corrected chi connectivity index (χ0v) is 11.5. The van der Waals surface area contributed by atoms with Crippen LogP contribution in [0.25, 0.3) is 5.57 Å². The van der Waals surface area contributed by atoms with Gasteiger partial charge in [0.05, 0.1) is 10.6 Å². The fourth-order valence-corrected chi connectivity index (χ4v) is 4.54. The SMILES string of the molecule is N#CC1=C2c3ccc(O)c(Cl)c3C[C@@]23CC[C@H](C3)C1=O. The van der Waals surface area contributed by atoms with Crippen LogP contribution in [0, 0.1) is 22.7 Å². The van der Waals surface area contributed by atoms with E-state index >= 15 is 0 Å². The van der Waals surface area contributed by atoms with Gasteiger partial charge < -0.3 is 5.11 Å². The van der Waals surface area contributed by atoms with Crippen molar-refractivity contribution in [1.29, 1.82) is 5.26 Å². The third-order valence-corrected chi connectivity index (χ3v) is 5.55. The molecule has 2 bridgehead atoms. The van der Waals surface area contributed by atoms with E-state index in [2.05, 4.69) is 6.07 Å². The number of ketones is 1. The Morgan fingerprint density at radius 3 is 3.00 bits per heavy atom. The van der Waals surface area contributed by atoms with Gasteiger partial charge in [-0.15, -0.1) is 0 Å².